The van der Waals surface area contributed by atoms with E-state index in [-0.39, 0.29) is 18.3 Å². The summed E-state index contributed by atoms with van der Waals surface area (Å²) in [6.07, 6.45) is 0. The molecule has 0 heterocycles. The highest BCUT2D eigenvalue weighted by Crippen LogP contribution is 2.10. The predicted octanol–water partition coefficient (Wildman–Crippen LogP) is 2.40. The Kier molecular flexibility index (Phi) is 5.58. The maximum atomic E-state index is 12.7. The van der Waals surface area contributed by atoms with E-state index in [4.69, 9.17) is 9.47 Å². The Morgan fingerprint density at radius 1 is 0.952 bits per heavy atom. The van der Waals surface area contributed by atoms with Crippen LogP contribution in [0.4, 0.5) is 4.39 Å². The standard InChI is InChI=1S/C16H16FNO3/c17-13-6-8-15(9-7-13)20-11-10-18-16(19)12-21-14-4-2-1-3-5-14/h1-9H,10-12H2,(H,18,19). The molecular weight excluding hydrogens is 273 g/mol. The molecule has 0 saturated heterocycles. The number of hydrogen-bond acceptors (Lipinski definition) is 3. The van der Waals surface area contributed by atoms with Crippen molar-refractivity contribution in [1.82, 2.24) is 5.32 Å². The second-order valence-corrected chi connectivity index (χ2v) is 4.25. The number of halogens is 1. The van der Waals surface area contributed by atoms with Gasteiger partial charge in [-0.2, -0.15) is 0 Å². The first-order valence-corrected chi connectivity index (χ1v) is 6.57. The molecule has 0 saturated carbocycles. The van der Waals surface area contributed by atoms with E-state index in [0.717, 1.165) is 0 Å². The van der Waals surface area contributed by atoms with Crippen molar-refractivity contribution in [3.8, 4) is 11.5 Å². The van der Waals surface area contributed by atoms with Gasteiger partial charge >= 0.3 is 0 Å². The summed E-state index contributed by atoms with van der Waals surface area (Å²) < 4.78 is 23.3. The maximum Gasteiger partial charge on any atom is 0.258 e. The van der Waals surface area contributed by atoms with E-state index in [1.807, 2.05) is 18.2 Å². The largest absolute Gasteiger partial charge is 0.492 e. The first-order valence-electron chi connectivity index (χ1n) is 6.57. The van der Waals surface area contributed by atoms with Crippen molar-refractivity contribution in [2.45, 2.75) is 0 Å². The highest BCUT2D eigenvalue weighted by molar-refractivity contribution is 5.77. The van der Waals surface area contributed by atoms with E-state index in [1.54, 1.807) is 12.1 Å². The number of ether oxygens (including phenoxy) is 2. The molecule has 4 nitrogen and oxygen atoms in total. The summed E-state index contributed by atoms with van der Waals surface area (Å²) in [6, 6.07) is 14.8. The van der Waals surface area contributed by atoms with Crippen molar-refractivity contribution in [2.75, 3.05) is 19.8 Å². The average Bonchev–Trinajstić information content (AvgIpc) is 2.52. The molecule has 0 aliphatic carbocycles. The van der Waals surface area contributed by atoms with E-state index >= 15 is 0 Å². The third-order valence-electron chi connectivity index (χ3n) is 2.62. The molecule has 2 rings (SSSR count). The van der Waals surface area contributed by atoms with Crippen LogP contribution in [0.2, 0.25) is 0 Å². The molecule has 0 bridgehead atoms. The number of rotatable bonds is 7. The fraction of sp³-hybridized carbons (Fsp3) is 0.188. The summed E-state index contributed by atoms with van der Waals surface area (Å²) in [4.78, 5) is 11.5. The van der Waals surface area contributed by atoms with Gasteiger partial charge in [-0.3, -0.25) is 4.79 Å². The third-order valence-corrected chi connectivity index (χ3v) is 2.62. The van der Waals surface area contributed by atoms with Crippen LogP contribution in [0.1, 0.15) is 0 Å². The zero-order chi connectivity index (χ0) is 14.9. The molecule has 0 aromatic heterocycles. The molecule has 0 aliphatic rings. The minimum absolute atomic E-state index is 0.0411. The summed E-state index contributed by atoms with van der Waals surface area (Å²) in [6.45, 7) is 0.623. The molecule has 2 aromatic rings. The molecule has 110 valence electrons. The predicted molar refractivity (Wildman–Crippen MR) is 76.8 cm³/mol. The van der Waals surface area contributed by atoms with Crippen LogP contribution in [0.3, 0.4) is 0 Å². The quantitative estimate of drug-likeness (QED) is 0.796. The zero-order valence-electron chi connectivity index (χ0n) is 11.4. The van der Waals surface area contributed by atoms with Crippen LogP contribution < -0.4 is 14.8 Å². The fourth-order valence-electron chi connectivity index (χ4n) is 1.61. The van der Waals surface area contributed by atoms with Crippen LogP contribution in [-0.4, -0.2) is 25.7 Å². The van der Waals surface area contributed by atoms with Gasteiger partial charge in [0.2, 0.25) is 0 Å². The Labute approximate surface area is 122 Å². The van der Waals surface area contributed by atoms with Crippen LogP contribution >= 0.6 is 0 Å². The smallest absolute Gasteiger partial charge is 0.258 e. The summed E-state index contributed by atoms with van der Waals surface area (Å²) in [5, 5.41) is 2.67. The number of amides is 1. The van der Waals surface area contributed by atoms with Crippen molar-refractivity contribution < 1.29 is 18.7 Å². The summed E-state index contributed by atoms with van der Waals surface area (Å²) in [5.74, 6) is 0.677. The number of nitrogens with one attached hydrogen (secondary N) is 1. The molecule has 1 amide bonds. The van der Waals surface area contributed by atoms with Crippen LogP contribution in [-0.2, 0) is 4.79 Å². The Morgan fingerprint density at radius 2 is 1.62 bits per heavy atom. The molecule has 0 aliphatic heterocycles. The second-order valence-electron chi connectivity index (χ2n) is 4.25. The Bertz CT molecular complexity index is 557. The van der Waals surface area contributed by atoms with E-state index in [2.05, 4.69) is 5.32 Å². The monoisotopic (exact) mass is 289 g/mol. The molecule has 0 fully saturated rings. The topological polar surface area (TPSA) is 47.6 Å². The van der Waals surface area contributed by atoms with Gasteiger partial charge in [0.25, 0.3) is 5.91 Å². The first-order chi connectivity index (χ1) is 10.2. The van der Waals surface area contributed by atoms with Crippen LogP contribution in [0, 0.1) is 5.82 Å². The van der Waals surface area contributed by atoms with Gasteiger partial charge in [0.1, 0.15) is 23.9 Å². The van der Waals surface area contributed by atoms with Crippen LogP contribution in [0.15, 0.2) is 54.6 Å². The lowest BCUT2D eigenvalue weighted by Crippen LogP contribution is -2.32. The first kappa shape index (κ1) is 14.8. The van der Waals surface area contributed by atoms with Gasteiger partial charge in [0.05, 0.1) is 6.54 Å². The second kappa shape index (κ2) is 7.89. The van der Waals surface area contributed by atoms with Crippen molar-refractivity contribution in [1.29, 1.82) is 0 Å². The van der Waals surface area contributed by atoms with E-state index in [0.29, 0.717) is 24.7 Å². The van der Waals surface area contributed by atoms with Gasteiger partial charge in [0.15, 0.2) is 6.61 Å². The number of para-hydroxylation sites is 1. The van der Waals surface area contributed by atoms with Crippen LogP contribution in [0.25, 0.3) is 0 Å². The van der Waals surface area contributed by atoms with E-state index in [1.165, 1.54) is 24.3 Å². The number of carbonyl (C=O) groups excluding carboxylic acids is 1. The molecule has 0 radical (unpaired) electrons. The molecule has 2 aromatic carbocycles. The van der Waals surface area contributed by atoms with E-state index < -0.39 is 0 Å². The molecule has 5 heteroatoms. The van der Waals surface area contributed by atoms with Gasteiger partial charge in [-0.1, -0.05) is 18.2 Å². The van der Waals surface area contributed by atoms with Gasteiger partial charge in [-0.25, -0.2) is 4.39 Å². The van der Waals surface area contributed by atoms with Gasteiger partial charge in [-0.15, -0.1) is 0 Å². The van der Waals surface area contributed by atoms with Gasteiger partial charge < -0.3 is 14.8 Å². The SMILES string of the molecule is O=C(COc1ccccc1)NCCOc1ccc(F)cc1. The normalized spacial score (nSPS) is 9.95. The van der Waals surface area contributed by atoms with Crippen molar-refractivity contribution >= 4 is 5.91 Å². The molecular formula is C16H16FNO3. The lowest BCUT2D eigenvalue weighted by atomic mass is 10.3. The lowest BCUT2D eigenvalue weighted by molar-refractivity contribution is -0.123. The zero-order valence-corrected chi connectivity index (χ0v) is 11.4. The third kappa shape index (κ3) is 5.52. The summed E-state index contributed by atoms with van der Waals surface area (Å²) in [7, 11) is 0. The lowest BCUT2D eigenvalue weighted by Gasteiger charge is -2.08. The molecule has 0 spiro atoms. The maximum absolute atomic E-state index is 12.7. The Balaban J connectivity index is 1.60. The van der Waals surface area contributed by atoms with E-state index in [9.17, 15) is 9.18 Å². The van der Waals surface area contributed by atoms with Gasteiger partial charge in [-0.05, 0) is 36.4 Å². The molecule has 1 N–H and O–H groups in total. The number of hydrogen-bond donors (Lipinski definition) is 1. The minimum Gasteiger partial charge on any atom is -0.492 e. The number of benzene rings is 2. The summed E-state index contributed by atoms with van der Waals surface area (Å²) >= 11 is 0. The average molecular weight is 289 g/mol. The highest BCUT2D eigenvalue weighted by atomic mass is 19.1. The van der Waals surface area contributed by atoms with Crippen molar-refractivity contribution in [3.63, 3.8) is 0 Å². The Morgan fingerprint density at radius 3 is 2.33 bits per heavy atom. The molecule has 0 unspecified atom stereocenters. The highest BCUT2D eigenvalue weighted by Gasteiger charge is 2.02. The summed E-state index contributed by atoms with van der Waals surface area (Å²) in [5.41, 5.74) is 0. The Hall–Kier alpha value is -2.56. The van der Waals surface area contributed by atoms with Crippen molar-refractivity contribution in [2.24, 2.45) is 0 Å². The van der Waals surface area contributed by atoms with Gasteiger partial charge in [0, 0.05) is 0 Å². The fourth-order valence-corrected chi connectivity index (χ4v) is 1.61. The van der Waals surface area contributed by atoms with Crippen LogP contribution in [0.5, 0.6) is 11.5 Å². The molecule has 21 heavy (non-hydrogen) atoms. The molecule has 0 atom stereocenters. The minimum atomic E-state index is -0.311. The van der Waals surface area contributed by atoms with Crippen molar-refractivity contribution in [3.05, 3.63) is 60.4 Å². The number of carbonyl (C=O) groups is 1.